The maximum Gasteiger partial charge on any atom is 0.426 e. The van der Waals surface area contributed by atoms with Crippen molar-refractivity contribution >= 4 is 23.3 Å². The second kappa shape index (κ2) is 8.96. The molecule has 0 spiro atoms. The lowest BCUT2D eigenvalue weighted by Gasteiger charge is -2.12. The minimum absolute atomic E-state index is 0.235. The predicted octanol–water partition coefficient (Wildman–Crippen LogP) is 4.39. The van der Waals surface area contributed by atoms with Crippen LogP contribution in [0.5, 0.6) is 0 Å². The van der Waals surface area contributed by atoms with Crippen LogP contribution in [0.15, 0.2) is 42.0 Å². The number of nitrogens with zero attached hydrogens (tertiary/aromatic N) is 1. The molecule has 0 radical (unpaired) electrons. The second-order valence-corrected chi connectivity index (χ2v) is 7.91. The molecule has 1 aromatic carbocycles. The van der Waals surface area contributed by atoms with Crippen molar-refractivity contribution in [2.75, 3.05) is 6.61 Å². The van der Waals surface area contributed by atoms with Gasteiger partial charge in [0.15, 0.2) is 0 Å². The molecule has 2 aromatic heterocycles. The van der Waals surface area contributed by atoms with Crippen LogP contribution in [0.2, 0.25) is 0 Å². The average Bonchev–Trinajstić information content (AvgIpc) is 3.31. The minimum atomic E-state index is -0.684. The Balaban J connectivity index is 1.52. The van der Waals surface area contributed by atoms with E-state index in [0.717, 1.165) is 11.3 Å². The fourth-order valence-corrected chi connectivity index (χ4v) is 4.40. The van der Waals surface area contributed by atoms with E-state index >= 15 is 0 Å². The zero-order valence-electron chi connectivity index (χ0n) is 17.0. The highest BCUT2D eigenvalue weighted by Crippen LogP contribution is 2.26. The summed E-state index contributed by atoms with van der Waals surface area (Å²) >= 11 is 1.33. The lowest BCUT2D eigenvalue weighted by molar-refractivity contribution is 0.0914. The zero-order chi connectivity index (χ0) is 21.0. The van der Waals surface area contributed by atoms with Gasteiger partial charge in [0.25, 0.3) is 5.91 Å². The molecule has 2 N–H and O–H groups in total. The monoisotopic (exact) mass is 411 g/mol. The Labute approximate surface area is 174 Å². The third-order valence-corrected chi connectivity index (χ3v) is 5.80. The summed E-state index contributed by atoms with van der Waals surface area (Å²) in [5, 5.41) is 1.91. The van der Waals surface area contributed by atoms with Gasteiger partial charge in [-0.1, -0.05) is 17.7 Å². The number of rotatable bonds is 5. The zero-order valence-corrected chi connectivity index (χ0v) is 17.9. The van der Waals surface area contributed by atoms with Gasteiger partial charge >= 0.3 is 6.09 Å². The maximum absolute atomic E-state index is 12.5. The first-order chi connectivity index (χ1) is 13.9. The van der Waals surface area contributed by atoms with E-state index < -0.39 is 6.09 Å². The molecule has 0 atom stereocenters. The van der Waals surface area contributed by atoms with Gasteiger partial charge in [-0.25, -0.2) is 10.2 Å². The van der Waals surface area contributed by atoms with Crippen molar-refractivity contribution in [3.05, 3.63) is 74.7 Å². The number of carbonyl (C=O) groups is 2. The van der Waals surface area contributed by atoms with E-state index in [4.69, 9.17) is 4.74 Å². The molecule has 6 nitrogen and oxygen atoms in total. The topological polar surface area (TPSA) is 72.4 Å². The van der Waals surface area contributed by atoms with Crippen molar-refractivity contribution in [2.24, 2.45) is 0 Å². The number of hydrogen-bond acceptors (Lipinski definition) is 4. The first-order valence-corrected chi connectivity index (χ1v) is 10.3. The van der Waals surface area contributed by atoms with Crippen LogP contribution in [0.4, 0.5) is 4.79 Å². The molecular weight excluding hydrogens is 386 g/mol. The molecule has 0 fully saturated rings. The van der Waals surface area contributed by atoms with E-state index in [-0.39, 0.29) is 12.5 Å². The Bertz CT molecular complexity index is 999. The van der Waals surface area contributed by atoms with Crippen LogP contribution >= 0.6 is 11.3 Å². The number of amides is 2. The SMILES string of the molecule is Cc1cc(C)c(CCOC(=O)NNC(=O)c2scc(C)c2-n2cccc2)c(C)c1. The van der Waals surface area contributed by atoms with Gasteiger partial charge in [0.2, 0.25) is 0 Å². The summed E-state index contributed by atoms with van der Waals surface area (Å²) in [6, 6.07) is 8.03. The van der Waals surface area contributed by atoms with Crippen molar-refractivity contribution in [1.82, 2.24) is 15.4 Å². The number of hydrazine groups is 1. The number of hydrogen-bond donors (Lipinski definition) is 2. The number of aromatic nitrogens is 1. The fourth-order valence-electron chi connectivity index (χ4n) is 3.45. The minimum Gasteiger partial charge on any atom is -0.448 e. The summed E-state index contributed by atoms with van der Waals surface area (Å²) in [5.41, 5.74) is 11.3. The van der Waals surface area contributed by atoms with Crippen molar-refractivity contribution < 1.29 is 14.3 Å². The number of nitrogens with one attached hydrogen (secondary N) is 2. The molecule has 2 amide bonds. The summed E-state index contributed by atoms with van der Waals surface area (Å²) in [4.78, 5) is 25.0. The predicted molar refractivity (Wildman–Crippen MR) is 115 cm³/mol. The van der Waals surface area contributed by atoms with Gasteiger partial charge in [-0.2, -0.15) is 0 Å². The molecule has 152 valence electrons. The molecule has 0 aliphatic rings. The average molecular weight is 412 g/mol. The van der Waals surface area contributed by atoms with Gasteiger partial charge in [0.1, 0.15) is 4.88 Å². The number of thiophene rings is 1. The Morgan fingerprint density at radius 3 is 2.31 bits per heavy atom. The molecule has 0 aliphatic carbocycles. The Morgan fingerprint density at radius 1 is 1.00 bits per heavy atom. The van der Waals surface area contributed by atoms with Crippen LogP contribution in [-0.2, 0) is 11.2 Å². The van der Waals surface area contributed by atoms with Crippen molar-refractivity contribution in [3.63, 3.8) is 0 Å². The second-order valence-electron chi connectivity index (χ2n) is 7.03. The molecule has 0 unspecified atom stereocenters. The van der Waals surface area contributed by atoms with E-state index in [9.17, 15) is 9.59 Å². The van der Waals surface area contributed by atoms with E-state index in [1.54, 1.807) is 0 Å². The maximum atomic E-state index is 12.5. The standard InChI is InChI=1S/C22H25N3O3S/c1-14-11-15(2)18(16(3)12-14)7-10-28-22(27)24-23-21(26)20-19(17(4)13-29-20)25-8-5-6-9-25/h5-6,8-9,11-13H,7,10H2,1-4H3,(H,23,26)(H,24,27). The quantitative estimate of drug-likeness (QED) is 0.612. The number of benzene rings is 1. The number of ether oxygens (including phenoxy) is 1. The van der Waals surface area contributed by atoms with Crippen LogP contribution in [0, 0.1) is 27.7 Å². The first-order valence-electron chi connectivity index (χ1n) is 9.38. The van der Waals surface area contributed by atoms with Gasteiger partial charge < -0.3 is 9.30 Å². The van der Waals surface area contributed by atoms with Crippen molar-refractivity contribution in [1.29, 1.82) is 0 Å². The van der Waals surface area contributed by atoms with E-state index in [1.807, 2.05) is 41.4 Å². The van der Waals surface area contributed by atoms with Crippen molar-refractivity contribution in [2.45, 2.75) is 34.1 Å². The normalized spacial score (nSPS) is 10.6. The van der Waals surface area contributed by atoms with Gasteiger partial charge in [-0.05, 0) is 67.5 Å². The van der Waals surface area contributed by atoms with E-state index in [2.05, 4.69) is 43.8 Å². The molecular formula is C22H25N3O3S. The summed E-state index contributed by atoms with van der Waals surface area (Å²) < 4.78 is 7.09. The van der Waals surface area contributed by atoms with Crippen molar-refractivity contribution in [3.8, 4) is 5.69 Å². The summed E-state index contributed by atoms with van der Waals surface area (Å²) in [6.45, 7) is 8.35. The molecule has 2 heterocycles. The Kier molecular flexibility index (Phi) is 6.39. The lowest BCUT2D eigenvalue weighted by atomic mass is 9.98. The number of carbonyl (C=O) groups excluding carboxylic acids is 2. The van der Waals surface area contributed by atoms with Crippen LogP contribution in [0.3, 0.4) is 0 Å². The highest BCUT2D eigenvalue weighted by molar-refractivity contribution is 7.12. The summed E-state index contributed by atoms with van der Waals surface area (Å²) in [6.07, 6.45) is 3.70. The smallest absolute Gasteiger partial charge is 0.426 e. The lowest BCUT2D eigenvalue weighted by Crippen LogP contribution is -2.42. The third kappa shape index (κ3) is 4.86. The molecule has 29 heavy (non-hydrogen) atoms. The highest BCUT2D eigenvalue weighted by atomic mass is 32.1. The molecule has 0 saturated carbocycles. The molecule has 3 aromatic rings. The molecule has 7 heteroatoms. The number of aryl methyl sites for hydroxylation is 4. The van der Waals surface area contributed by atoms with Crippen LogP contribution in [-0.4, -0.2) is 23.2 Å². The molecule has 0 bridgehead atoms. The first kappa shape index (κ1) is 20.7. The largest absolute Gasteiger partial charge is 0.448 e. The van der Waals surface area contributed by atoms with Crippen LogP contribution in [0.25, 0.3) is 5.69 Å². The van der Waals surface area contributed by atoms with Gasteiger partial charge in [-0.15, -0.1) is 11.3 Å². The van der Waals surface area contributed by atoms with Gasteiger partial charge in [-0.3, -0.25) is 10.2 Å². The molecule has 0 saturated heterocycles. The Hall–Kier alpha value is -3.06. The van der Waals surface area contributed by atoms with Crippen LogP contribution in [0.1, 0.15) is 37.5 Å². The van der Waals surface area contributed by atoms with E-state index in [0.29, 0.717) is 11.3 Å². The third-order valence-electron chi connectivity index (χ3n) is 4.71. The molecule has 0 aliphatic heterocycles. The fraction of sp³-hybridized carbons (Fsp3) is 0.273. The van der Waals surface area contributed by atoms with Gasteiger partial charge in [0.05, 0.1) is 12.3 Å². The summed E-state index contributed by atoms with van der Waals surface area (Å²) in [5.74, 6) is -0.381. The summed E-state index contributed by atoms with van der Waals surface area (Å²) in [7, 11) is 0. The van der Waals surface area contributed by atoms with E-state index in [1.165, 1.54) is 33.6 Å². The molecule has 3 rings (SSSR count). The van der Waals surface area contributed by atoms with Crippen LogP contribution < -0.4 is 10.9 Å². The Morgan fingerprint density at radius 2 is 1.66 bits per heavy atom. The highest BCUT2D eigenvalue weighted by Gasteiger charge is 2.18. The van der Waals surface area contributed by atoms with Gasteiger partial charge in [0, 0.05) is 18.8 Å².